The molecule has 0 amide bonds. The molecule has 0 heterocycles. The molecule has 0 saturated heterocycles. The Balaban J connectivity index is 2.26. The molecule has 0 aliphatic carbocycles. The molecule has 2 nitrogen and oxygen atoms in total. The van der Waals surface area contributed by atoms with Crippen molar-refractivity contribution < 1.29 is 13.9 Å². The van der Waals surface area contributed by atoms with Gasteiger partial charge in [0, 0.05) is 11.4 Å². The molecule has 4 heteroatoms. The van der Waals surface area contributed by atoms with Crippen LogP contribution in [0, 0.1) is 5.82 Å². The van der Waals surface area contributed by atoms with E-state index < -0.39 is 5.82 Å². The molecule has 0 fully saturated rings. The molecule has 98 valence electrons. The molecule has 19 heavy (non-hydrogen) atoms. The highest BCUT2D eigenvalue weighted by Crippen LogP contribution is 2.21. The van der Waals surface area contributed by atoms with Gasteiger partial charge in [-0.25, -0.2) is 4.39 Å². The van der Waals surface area contributed by atoms with Gasteiger partial charge in [-0.2, -0.15) is 0 Å². The average Bonchev–Trinajstić information content (AvgIpc) is 2.41. The molecular weight excluding hydrogens is 267 g/mol. The number of hydrogen-bond donors (Lipinski definition) is 0. The number of methoxy groups -OCH3 is 1. The molecule has 2 rings (SSSR count). The second-order valence-corrected chi connectivity index (χ2v) is 4.47. The first-order chi connectivity index (χ1) is 9.11. The van der Waals surface area contributed by atoms with Crippen LogP contribution in [0.5, 0.6) is 5.75 Å². The maximum Gasteiger partial charge on any atom is 0.171 e. The van der Waals surface area contributed by atoms with Crippen LogP contribution in [0.1, 0.15) is 15.9 Å². The molecule has 0 atom stereocenters. The normalized spacial score (nSPS) is 10.3. The molecular formula is C15H12ClFO2. The lowest BCUT2D eigenvalue weighted by atomic mass is 10.0. The zero-order chi connectivity index (χ0) is 13.8. The van der Waals surface area contributed by atoms with Crippen molar-refractivity contribution in [3.05, 3.63) is 64.4 Å². The molecule has 0 N–H and O–H groups in total. The molecule has 0 radical (unpaired) electrons. The summed E-state index contributed by atoms with van der Waals surface area (Å²) < 4.78 is 18.8. The molecule has 0 saturated carbocycles. The Kier molecular flexibility index (Phi) is 4.17. The number of benzene rings is 2. The number of para-hydroxylation sites is 1. The van der Waals surface area contributed by atoms with Gasteiger partial charge in [0.25, 0.3) is 0 Å². The standard InChI is InChI=1S/C15H12ClFO2/c1-19-15-5-3-2-4-12(15)14(18)8-10-6-7-11(16)9-13(10)17/h2-7,9H,8H2,1H3. The molecule has 2 aromatic rings. The first kappa shape index (κ1) is 13.6. The minimum absolute atomic E-state index is 0.0244. The smallest absolute Gasteiger partial charge is 0.171 e. The SMILES string of the molecule is COc1ccccc1C(=O)Cc1ccc(Cl)cc1F. The van der Waals surface area contributed by atoms with Gasteiger partial charge in [0.15, 0.2) is 5.78 Å². The summed E-state index contributed by atoms with van der Waals surface area (Å²) in [5.41, 5.74) is 0.764. The first-order valence-corrected chi connectivity index (χ1v) is 6.09. The van der Waals surface area contributed by atoms with E-state index in [1.165, 1.54) is 19.2 Å². The quantitative estimate of drug-likeness (QED) is 0.793. The van der Waals surface area contributed by atoms with Crippen LogP contribution >= 0.6 is 11.6 Å². The van der Waals surface area contributed by atoms with Crippen LogP contribution in [-0.4, -0.2) is 12.9 Å². The van der Waals surface area contributed by atoms with Crippen LogP contribution in [0.2, 0.25) is 5.02 Å². The molecule has 0 aromatic heterocycles. The van der Waals surface area contributed by atoms with Gasteiger partial charge in [0.2, 0.25) is 0 Å². The summed E-state index contributed by atoms with van der Waals surface area (Å²) in [4.78, 5) is 12.2. The van der Waals surface area contributed by atoms with Crippen LogP contribution in [-0.2, 0) is 6.42 Å². The predicted molar refractivity (Wildman–Crippen MR) is 72.4 cm³/mol. The van der Waals surface area contributed by atoms with Crippen molar-refractivity contribution in [3.8, 4) is 5.75 Å². The van der Waals surface area contributed by atoms with E-state index >= 15 is 0 Å². The van der Waals surface area contributed by atoms with E-state index in [-0.39, 0.29) is 12.2 Å². The Bertz CT molecular complexity index is 611. The van der Waals surface area contributed by atoms with Gasteiger partial charge in [-0.1, -0.05) is 29.8 Å². The highest BCUT2D eigenvalue weighted by atomic mass is 35.5. The predicted octanol–water partition coefficient (Wildman–Crippen LogP) is 3.91. The van der Waals surface area contributed by atoms with Gasteiger partial charge in [0.05, 0.1) is 12.7 Å². The zero-order valence-electron chi connectivity index (χ0n) is 10.3. The maximum atomic E-state index is 13.6. The van der Waals surface area contributed by atoms with Crippen molar-refractivity contribution in [1.29, 1.82) is 0 Å². The maximum absolute atomic E-state index is 13.6. The zero-order valence-corrected chi connectivity index (χ0v) is 11.1. The van der Waals surface area contributed by atoms with Crippen LogP contribution in [0.25, 0.3) is 0 Å². The van der Waals surface area contributed by atoms with Crippen LogP contribution in [0.3, 0.4) is 0 Å². The summed E-state index contributed by atoms with van der Waals surface area (Å²) in [7, 11) is 1.50. The summed E-state index contributed by atoms with van der Waals surface area (Å²) in [6.07, 6.45) is -0.0244. The van der Waals surface area contributed by atoms with E-state index in [9.17, 15) is 9.18 Å². The van der Waals surface area contributed by atoms with E-state index in [0.717, 1.165) is 0 Å². The van der Waals surface area contributed by atoms with Crippen molar-refractivity contribution in [1.82, 2.24) is 0 Å². The number of hydrogen-bond acceptors (Lipinski definition) is 2. The number of rotatable bonds is 4. The van der Waals surface area contributed by atoms with Gasteiger partial charge in [0.1, 0.15) is 11.6 Å². The fraction of sp³-hybridized carbons (Fsp3) is 0.133. The Morgan fingerprint density at radius 1 is 1.26 bits per heavy atom. The van der Waals surface area contributed by atoms with Crippen LogP contribution in [0.15, 0.2) is 42.5 Å². The van der Waals surface area contributed by atoms with Crippen LogP contribution in [0.4, 0.5) is 4.39 Å². The van der Waals surface area contributed by atoms with Crippen molar-refractivity contribution in [3.63, 3.8) is 0 Å². The Morgan fingerprint density at radius 2 is 2.00 bits per heavy atom. The first-order valence-electron chi connectivity index (χ1n) is 5.72. The number of Topliss-reactive ketones (excluding diaryl/α,β-unsaturated/α-hetero) is 1. The fourth-order valence-electron chi connectivity index (χ4n) is 1.81. The highest BCUT2D eigenvalue weighted by molar-refractivity contribution is 6.30. The second-order valence-electron chi connectivity index (χ2n) is 4.04. The van der Waals surface area contributed by atoms with E-state index in [0.29, 0.717) is 21.9 Å². The average molecular weight is 279 g/mol. The van der Waals surface area contributed by atoms with E-state index in [4.69, 9.17) is 16.3 Å². The number of carbonyl (C=O) groups is 1. The molecule has 0 aliphatic rings. The Hall–Kier alpha value is -1.87. The van der Waals surface area contributed by atoms with Gasteiger partial charge < -0.3 is 4.74 Å². The third kappa shape index (κ3) is 3.12. The molecule has 0 unspecified atom stereocenters. The summed E-state index contributed by atoms with van der Waals surface area (Å²) in [6, 6.07) is 11.2. The minimum Gasteiger partial charge on any atom is -0.496 e. The number of halogens is 2. The van der Waals surface area contributed by atoms with Gasteiger partial charge in [-0.3, -0.25) is 4.79 Å². The third-order valence-corrected chi connectivity index (χ3v) is 3.01. The van der Waals surface area contributed by atoms with E-state index in [1.807, 2.05) is 0 Å². The minimum atomic E-state index is -0.476. The lowest BCUT2D eigenvalue weighted by Crippen LogP contribution is -2.07. The monoisotopic (exact) mass is 278 g/mol. The van der Waals surface area contributed by atoms with Crippen molar-refractivity contribution >= 4 is 17.4 Å². The van der Waals surface area contributed by atoms with Crippen molar-refractivity contribution in [2.45, 2.75) is 6.42 Å². The second kappa shape index (κ2) is 5.85. The van der Waals surface area contributed by atoms with Gasteiger partial charge in [-0.15, -0.1) is 0 Å². The summed E-state index contributed by atoms with van der Waals surface area (Å²) in [5.74, 6) is -0.184. The summed E-state index contributed by atoms with van der Waals surface area (Å²) >= 11 is 5.67. The van der Waals surface area contributed by atoms with E-state index in [1.54, 1.807) is 30.3 Å². The number of ketones is 1. The van der Waals surface area contributed by atoms with Crippen LogP contribution < -0.4 is 4.74 Å². The van der Waals surface area contributed by atoms with Gasteiger partial charge in [-0.05, 0) is 29.8 Å². The Morgan fingerprint density at radius 3 is 2.68 bits per heavy atom. The number of carbonyl (C=O) groups excluding carboxylic acids is 1. The lowest BCUT2D eigenvalue weighted by Gasteiger charge is -2.08. The van der Waals surface area contributed by atoms with E-state index in [2.05, 4.69) is 0 Å². The Labute approximate surface area is 115 Å². The van der Waals surface area contributed by atoms with Crippen molar-refractivity contribution in [2.75, 3.05) is 7.11 Å². The molecule has 0 bridgehead atoms. The summed E-state index contributed by atoms with van der Waals surface area (Å²) in [5, 5.41) is 0.311. The molecule has 0 aliphatic heterocycles. The summed E-state index contributed by atoms with van der Waals surface area (Å²) in [6.45, 7) is 0. The number of ether oxygens (including phenoxy) is 1. The largest absolute Gasteiger partial charge is 0.496 e. The molecule has 2 aromatic carbocycles. The fourth-order valence-corrected chi connectivity index (χ4v) is 1.97. The topological polar surface area (TPSA) is 26.3 Å². The van der Waals surface area contributed by atoms with Gasteiger partial charge >= 0.3 is 0 Å². The third-order valence-electron chi connectivity index (χ3n) is 2.77. The highest BCUT2D eigenvalue weighted by Gasteiger charge is 2.14. The molecule has 0 spiro atoms. The lowest BCUT2D eigenvalue weighted by molar-refractivity contribution is 0.0989. The van der Waals surface area contributed by atoms with Crippen molar-refractivity contribution in [2.24, 2.45) is 0 Å².